The second-order valence-electron chi connectivity index (χ2n) is 6.55. The Morgan fingerprint density at radius 3 is 1.55 bits per heavy atom. The summed E-state index contributed by atoms with van der Waals surface area (Å²) in [6, 6.07) is 0. The summed E-state index contributed by atoms with van der Waals surface area (Å²) in [7, 11) is 0. The zero-order valence-corrected chi connectivity index (χ0v) is 15.2. The topological polar surface area (TPSA) is 35.2 Å². The molecule has 0 saturated heterocycles. The fraction of sp³-hybridized carbons (Fsp3) is 0.900. The van der Waals surface area contributed by atoms with E-state index in [1.807, 2.05) is 0 Å². The highest BCUT2D eigenvalue weighted by Gasteiger charge is 2.04. The van der Waals surface area contributed by atoms with Gasteiger partial charge in [0.2, 0.25) is 0 Å². The fourth-order valence-corrected chi connectivity index (χ4v) is 2.94. The monoisotopic (exact) mass is 311 g/mol. The van der Waals surface area contributed by atoms with Crippen molar-refractivity contribution >= 4 is 0 Å². The predicted octanol–water partition coefficient (Wildman–Crippen LogP) is 6.35. The second kappa shape index (κ2) is 18.5. The van der Waals surface area contributed by atoms with E-state index >= 15 is 0 Å². The molecule has 1 unspecified atom stereocenters. The third-order valence-electron chi connectivity index (χ3n) is 4.43. The SMILES string of the molecule is C=COC(CN)CCCCCCCCCCCCCCCC. The van der Waals surface area contributed by atoms with Gasteiger partial charge in [-0.25, -0.2) is 0 Å². The smallest absolute Gasteiger partial charge is 0.110 e. The molecule has 0 radical (unpaired) electrons. The van der Waals surface area contributed by atoms with Crippen LogP contribution in [0.5, 0.6) is 0 Å². The molecule has 0 aliphatic carbocycles. The summed E-state index contributed by atoms with van der Waals surface area (Å²) < 4.78 is 5.34. The average molecular weight is 312 g/mol. The summed E-state index contributed by atoms with van der Waals surface area (Å²) in [5.74, 6) is 0. The minimum Gasteiger partial charge on any atom is -0.497 e. The predicted molar refractivity (Wildman–Crippen MR) is 99.1 cm³/mol. The summed E-state index contributed by atoms with van der Waals surface area (Å²) in [5.41, 5.74) is 5.64. The minimum atomic E-state index is 0.176. The van der Waals surface area contributed by atoms with Gasteiger partial charge in [-0.15, -0.1) is 0 Å². The van der Waals surface area contributed by atoms with Crippen LogP contribution in [0.1, 0.15) is 103 Å². The molecule has 0 heterocycles. The summed E-state index contributed by atoms with van der Waals surface area (Å²) in [5, 5.41) is 0. The molecule has 0 aromatic carbocycles. The Kier molecular flexibility index (Phi) is 18.1. The molecule has 132 valence electrons. The zero-order chi connectivity index (χ0) is 16.3. The zero-order valence-electron chi connectivity index (χ0n) is 15.2. The van der Waals surface area contributed by atoms with Gasteiger partial charge in [0.15, 0.2) is 0 Å². The van der Waals surface area contributed by atoms with Crippen LogP contribution in [0.15, 0.2) is 12.8 Å². The van der Waals surface area contributed by atoms with E-state index in [1.54, 1.807) is 0 Å². The highest BCUT2D eigenvalue weighted by atomic mass is 16.5. The second-order valence-corrected chi connectivity index (χ2v) is 6.55. The van der Waals surface area contributed by atoms with E-state index in [-0.39, 0.29) is 6.10 Å². The molecule has 0 fully saturated rings. The van der Waals surface area contributed by atoms with Crippen LogP contribution in [-0.2, 0) is 4.74 Å². The third-order valence-corrected chi connectivity index (χ3v) is 4.43. The van der Waals surface area contributed by atoms with Crippen molar-refractivity contribution in [1.82, 2.24) is 0 Å². The molecule has 0 spiro atoms. The van der Waals surface area contributed by atoms with Crippen molar-refractivity contribution in [1.29, 1.82) is 0 Å². The Balaban J connectivity index is 3.09. The molecule has 22 heavy (non-hydrogen) atoms. The first kappa shape index (κ1) is 21.5. The van der Waals surface area contributed by atoms with Crippen LogP contribution >= 0.6 is 0 Å². The van der Waals surface area contributed by atoms with Gasteiger partial charge in [0, 0.05) is 6.54 Å². The maximum atomic E-state index is 5.64. The number of hydrogen-bond acceptors (Lipinski definition) is 2. The summed E-state index contributed by atoms with van der Waals surface area (Å²) >= 11 is 0. The van der Waals surface area contributed by atoms with E-state index in [0.717, 1.165) is 6.42 Å². The quantitative estimate of drug-likeness (QED) is 0.236. The first-order valence-electron chi connectivity index (χ1n) is 9.81. The molecule has 0 aromatic heterocycles. The van der Waals surface area contributed by atoms with E-state index in [1.165, 1.54) is 96.2 Å². The van der Waals surface area contributed by atoms with E-state index < -0.39 is 0 Å². The first-order valence-corrected chi connectivity index (χ1v) is 9.81. The molecular weight excluding hydrogens is 270 g/mol. The van der Waals surface area contributed by atoms with Crippen molar-refractivity contribution in [2.45, 2.75) is 109 Å². The Hall–Kier alpha value is -0.500. The average Bonchev–Trinajstić information content (AvgIpc) is 2.54. The standard InChI is InChI=1S/C20H41NO/c1-3-5-6-7-8-9-10-11-12-13-14-15-16-17-18-20(19-21)22-4-2/h4,20H,2-3,5-19,21H2,1H3. The van der Waals surface area contributed by atoms with Crippen molar-refractivity contribution < 1.29 is 4.74 Å². The highest BCUT2D eigenvalue weighted by Crippen LogP contribution is 2.14. The van der Waals surface area contributed by atoms with Crippen LogP contribution in [0, 0.1) is 0 Å². The largest absolute Gasteiger partial charge is 0.497 e. The highest BCUT2D eigenvalue weighted by molar-refractivity contribution is 4.63. The van der Waals surface area contributed by atoms with Gasteiger partial charge >= 0.3 is 0 Å². The normalized spacial score (nSPS) is 12.3. The fourth-order valence-electron chi connectivity index (χ4n) is 2.94. The number of hydrogen-bond donors (Lipinski definition) is 1. The van der Waals surface area contributed by atoms with E-state index in [2.05, 4.69) is 13.5 Å². The molecule has 1 atom stereocenters. The minimum absolute atomic E-state index is 0.176. The number of nitrogens with two attached hydrogens (primary N) is 1. The summed E-state index contributed by atoms with van der Waals surface area (Å²) in [4.78, 5) is 0. The number of unbranched alkanes of at least 4 members (excludes halogenated alkanes) is 13. The molecule has 0 rings (SSSR count). The van der Waals surface area contributed by atoms with E-state index in [4.69, 9.17) is 10.5 Å². The van der Waals surface area contributed by atoms with Crippen molar-refractivity contribution in [2.75, 3.05) is 6.54 Å². The van der Waals surface area contributed by atoms with Gasteiger partial charge in [-0.2, -0.15) is 0 Å². The molecule has 0 amide bonds. The van der Waals surface area contributed by atoms with Crippen LogP contribution in [0.25, 0.3) is 0 Å². The number of ether oxygens (including phenoxy) is 1. The summed E-state index contributed by atoms with van der Waals surface area (Å²) in [6.07, 6.45) is 22.4. The van der Waals surface area contributed by atoms with Crippen LogP contribution in [0.3, 0.4) is 0 Å². The van der Waals surface area contributed by atoms with Crippen LogP contribution < -0.4 is 5.73 Å². The van der Waals surface area contributed by atoms with Crippen molar-refractivity contribution in [3.63, 3.8) is 0 Å². The van der Waals surface area contributed by atoms with Gasteiger partial charge < -0.3 is 10.5 Å². The molecule has 2 N–H and O–H groups in total. The van der Waals surface area contributed by atoms with Crippen LogP contribution in [0.4, 0.5) is 0 Å². The molecule has 0 aliphatic rings. The van der Waals surface area contributed by atoms with Gasteiger partial charge in [-0.1, -0.05) is 97.0 Å². The third kappa shape index (κ3) is 15.9. The van der Waals surface area contributed by atoms with Crippen molar-refractivity contribution in [3.8, 4) is 0 Å². The van der Waals surface area contributed by atoms with E-state index in [9.17, 15) is 0 Å². The van der Waals surface area contributed by atoms with Crippen LogP contribution in [0.2, 0.25) is 0 Å². The number of rotatable bonds is 18. The molecule has 0 aromatic rings. The Bertz CT molecular complexity index is 218. The first-order chi connectivity index (χ1) is 10.8. The van der Waals surface area contributed by atoms with Crippen molar-refractivity contribution in [2.24, 2.45) is 5.73 Å². The van der Waals surface area contributed by atoms with Gasteiger partial charge in [0.1, 0.15) is 6.10 Å². The molecular formula is C20H41NO. The Morgan fingerprint density at radius 2 is 1.18 bits per heavy atom. The molecule has 0 aliphatic heterocycles. The Morgan fingerprint density at radius 1 is 0.773 bits per heavy atom. The van der Waals surface area contributed by atoms with Crippen LogP contribution in [-0.4, -0.2) is 12.6 Å². The van der Waals surface area contributed by atoms with Gasteiger partial charge in [-0.05, 0) is 12.8 Å². The molecule has 0 saturated carbocycles. The maximum Gasteiger partial charge on any atom is 0.110 e. The lowest BCUT2D eigenvalue weighted by Crippen LogP contribution is -2.21. The van der Waals surface area contributed by atoms with E-state index in [0.29, 0.717) is 6.54 Å². The lowest BCUT2D eigenvalue weighted by molar-refractivity contribution is 0.140. The van der Waals surface area contributed by atoms with Gasteiger partial charge in [-0.3, -0.25) is 0 Å². The lowest BCUT2D eigenvalue weighted by Gasteiger charge is -2.13. The van der Waals surface area contributed by atoms with Gasteiger partial charge in [0.05, 0.1) is 6.26 Å². The van der Waals surface area contributed by atoms with Gasteiger partial charge in [0.25, 0.3) is 0 Å². The van der Waals surface area contributed by atoms with Crippen molar-refractivity contribution in [3.05, 3.63) is 12.8 Å². The lowest BCUT2D eigenvalue weighted by atomic mass is 10.0. The summed E-state index contributed by atoms with van der Waals surface area (Å²) in [6.45, 7) is 6.47. The maximum absolute atomic E-state index is 5.64. The molecule has 2 heteroatoms. The molecule has 0 bridgehead atoms. The Labute approximate surface area is 139 Å². The molecule has 2 nitrogen and oxygen atoms in total.